The molecule has 0 aliphatic rings. The second kappa shape index (κ2) is 10.8. The van der Waals surface area contributed by atoms with Crippen molar-refractivity contribution in [2.45, 2.75) is 55.4 Å². The van der Waals surface area contributed by atoms with Crippen molar-refractivity contribution in [1.29, 1.82) is 0 Å². The molecule has 0 unspecified atom stereocenters. The zero-order valence-electron chi connectivity index (χ0n) is 13.3. The van der Waals surface area contributed by atoms with Crippen LogP contribution >= 0.6 is 0 Å². The molecular weight excluding hydrogens is 220 g/mol. The van der Waals surface area contributed by atoms with E-state index in [0.29, 0.717) is 5.41 Å². The molecule has 1 N–H and O–H groups in total. The quantitative estimate of drug-likeness (QED) is 0.641. The Morgan fingerprint density at radius 2 is 1.33 bits per heavy atom. The van der Waals surface area contributed by atoms with E-state index in [1.807, 2.05) is 52.0 Å². The SMILES string of the molecule is CC.CC.CC(C)(C)C.c1ccc2[nH]cnc2c1. The summed E-state index contributed by atoms with van der Waals surface area (Å²) in [6, 6.07) is 7.94. The van der Waals surface area contributed by atoms with E-state index in [0.717, 1.165) is 11.0 Å². The summed E-state index contributed by atoms with van der Waals surface area (Å²) in [7, 11) is 0. The van der Waals surface area contributed by atoms with Gasteiger partial charge in [0, 0.05) is 0 Å². The molecule has 0 atom stereocenters. The summed E-state index contributed by atoms with van der Waals surface area (Å²) >= 11 is 0. The lowest BCUT2D eigenvalue weighted by Gasteiger charge is -2.05. The number of nitrogens with one attached hydrogen (secondary N) is 1. The van der Waals surface area contributed by atoms with Crippen LogP contribution in [0, 0.1) is 5.41 Å². The van der Waals surface area contributed by atoms with Gasteiger partial charge in [-0.05, 0) is 17.5 Å². The Kier molecular flexibility index (Phi) is 11.4. The molecule has 0 spiro atoms. The molecule has 2 aromatic rings. The normalized spacial score (nSPS) is 9.11. The van der Waals surface area contributed by atoms with Gasteiger partial charge in [-0.3, -0.25) is 0 Å². The zero-order chi connectivity index (χ0) is 14.6. The first kappa shape index (κ1) is 19.0. The van der Waals surface area contributed by atoms with Gasteiger partial charge in [0.1, 0.15) is 0 Å². The second-order valence-corrected chi connectivity index (χ2v) is 4.92. The van der Waals surface area contributed by atoms with E-state index in [1.54, 1.807) is 6.33 Å². The molecule has 2 heteroatoms. The highest BCUT2D eigenvalue weighted by molar-refractivity contribution is 5.73. The summed E-state index contributed by atoms with van der Waals surface area (Å²) in [4.78, 5) is 7.07. The van der Waals surface area contributed by atoms with Gasteiger partial charge in [-0.2, -0.15) is 0 Å². The average Bonchev–Trinajstić information content (AvgIpc) is 2.80. The first-order chi connectivity index (χ1) is 8.47. The number of aromatic amines is 1. The molecule has 0 fully saturated rings. The second-order valence-electron chi connectivity index (χ2n) is 4.92. The number of aromatic nitrogens is 2. The molecule has 2 nitrogen and oxygen atoms in total. The third kappa shape index (κ3) is 11.2. The fraction of sp³-hybridized carbons (Fsp3) is 0.562. The summed E-state index contributed by atoms with van der Waals surface area (Å²) in [6.45, 7) is 16.8. The van der Waals surface area contributed by atoms with Crippen LogP contribution in [0.3, 0.4) is 0 Å². The Morgan fingerprint density at radius 1 is 0.889 bits per heavy atom. The highest BCUT2D eigenvalue weighted by Gasteiger charge is 1.95. The summed E-state index contributed by atoms with van der Waals surface area (Å²) in [6.07, 6.45) is 1.70. The van der Waals surface area contributed by atoms with Crippen LogP contribution in [0.4, 0.5) is 0 Å². The predicted octanol–water partition coefficient (Wildman–Crippen LogP) is 5.67. The molecule has 0 aliphatic heterocycles. The number of benzene rings is 1. The minimum absolute atomic E-state index is 0.500. The van der Waals surface area contributed by atoms with Gasteiger partial charge >= 0.3 is 0 Å². The molecule has 0 radical (unpaired) electrons. The molecule has 1 aromatic carbocycles. The van der Waals surface area contributed by atoms with Crippen molar-refractivity contribution < 1.29 is 0 Å². The average molecular weight is 250 g/mol. The number of para-hydroxylation sites is 2. The van der Waals surface area contributed by atoms with Crippen molar-refractivity contribution in [2.24, 2.45) is 5.41 Å². The van der Waals surface area contributed by atoms with E-state index in [2.05, 4.69) is 37.7 Å². The smallest absolute Gasteiger partial charge is 0.0931 e. The molecule has 18 heavy (non-hydrogen) atoms. The predicted molar refractivity (Wildman–Crippen MR) is 83.9 cm³/mol. The third-order valence-corrected chi connectivity index (χ3v) is 1.33. The monoisotopic (exact) mass is 250 g/mol. The van der Waals surface area contributed by atoms with Crippen molar-refractivity contribution in [3.05, 3.63) is 30.6 Å². The van der Waals surface area contributed by atoms with Gasteiger partial charge in [0.15, 0.2) is 0 Å². The van der Waals surface area contributed by atoms with Crippen molar-refractivity contribution in [2.75, 3.05) is 0 Å². The van der Waals surface area contributed by atoms with Crippen LogP contribution in [0.25, 0.3) is 11.0 Å². The van der Waals surface area contributed by atoms with Gasteiger partial charge in [-0.15, -0.1) is 0 Å². The maximum atomic E-state index is 4.06. The van der Waals surface area contributed by atoms with Crippen LogP contribution in [0.15, 0.2) is 30.6 Å². The Morgan fingerprint density at radius 3 is 1.78 bits per heavy atom. The van der Waals surface area contributed by atoms with Crippen LogP contribution in [0.5, 0.6) is 0 Å². The van der Waals surface area contributed by atoms with E-state index < -0.39 is 0 Å². The molecule has 0 aliphatic carbocycles. The Hall–Kier alpha value is -1.31. The molecule has 0 bridgehead atoms. The number of hydrogen-bond donors (Lipinski definition) is 1. The van der Waals surface area contributed by atoms with Gasteiger partial charge in [0.25, 0.3) is 0 Å². The Bertz CT molecular complexity index is 347. The van der Waals surface area contributed by atoms with Gasteiger partial charge in [-0.1, -0.05) is 67.5 Å². The summed E-state index contributed by atoms with van der Waals surface area (Å²) in [5.41, 5.74) is 2.62. The summed E-state index contributed by atoms with van der Waals surface area (Å²) in [5.74, 6) is 0. The molecule has 0 amide bonds. The van der Waals surface area contributed by atoms with Crippen molar-refractivity contribution in [3.63, 3.8) is 0 Å². The zero-order valence-corrected chi connectivity index (χ0v) is 13.3. The fourth-order valence-electron chi connectivity index (χ4n) is 0.880. The van der Waals surface area contributed by atoms with Gasteiger partial charge in [0.2, 0.25) is 0 Å². The third-order valence-electron chi connectivity index (χ3n) is 1.33. The maximum Gasteiger partial charge on any atom is 0.0931 e. The van der Waals surface area contributed by atoms with E-state index in [9.17, 15) is 0 Å². The topological polar surface area (TPSA) is 28.7 Å². The summed E-state index contributed by atoms with van der Waals surface area (Å²) in [5, 5.41) is 0. The van der Waals surface area contributed by atoms with Gasteiger partial charge in [-0.25, -0.2) is 4.98 Å². The van der Waals surface area contributed by atoms with Gasteiger partial charge < -0.3 is 4.98 Å². The first-order valence-electron chi connectivity index (χ1n) is 6.85. The van der Waals surface area contributed by atoms with Crippen LogP contribution in [0.2, 0.25) is 0 Å². The first-order valence-corrected chi connectivity index (χ1v) is 6.85. The number of fused-ring (bicyclic) bond motifs is 1. The van der Waals surface area contributed by atoms with Crippen molar-refractivity contribution in [1.82, 2.24) is 9.97 Å². The minimum atomic E-state index is 0.500. The maximum absolute atomic E-state index is 4.06. The highest BCUT2D eigenvalue weighted by Crippen LogP contribution is 2.08. The summed E-state index contributed by atoms with van der Waals surface area (Å²) < 4.78 is 0. The lowest BCUT2D eigenvalue weighted by Crippen LogP contribution is -1.93. The highest BCUT2D eigenvalue weighted by atomic mass is 14.9. The van der Waals surface area contributed by atoms with Crippen LogP contribution in [0.1, 0.15) is 55.4 Å². The number of H-pyrrole nitrogens is 1. The number of rotatable bonds is 0. The molecule has 2 rings (SSSR count). The standard InChI is InChI=1S/C7H6N2.C5H12.2C2H6/c1-2-4-7-6(3-1)8-5-9-7;1-5(2,3)4;2*1-2/h1-5H,(H,8,9);1-4H3;2*1-2H3. The number of imidazole rings is 1. The largest absolute Gasteiger partial charge is 0.345 e. The van der Waals surface area contributed by atoms with Crippen LogP contribution in [-0.4, -0.2) is 9.97 Å². The lowest BCUT2D eigenvalue weighted by molar-refractivity contribution is 0.469. The molecular formula is C16H30N2. The van der Waals surface area contributed by atoms with E-state index >= 15 is 0 Å². The number of hydrogen-bond acceptors (Lipinski definition) is 1. The fourth-order valence-corrected chi connectivity index (χ4v) is 0.880. The lowest BCUT2D eigenvalue weighted by atomic mass is 10.0. The van der Waals surface area contributed by atoms with Crippen LogP contribution in [-0.2, 0) is 0 Å². The Labute approximate surface area is 113 Å². The van der Waals surface area contributed by atoms with Crippen LogP contribution < -0.4 is 0 Å². The van der Waals surface area contributed by atoms with Crippen molar-refractivity contribution in [3.8, 4) is 0 Å². The molecule has 0 saturated heterocycles. The molecule has 104 valence electrons. The molecule has 1 heterocycles. The van der Waals surface area contributed by atoms with E-state index in [4.69, 9.17) is 0 Å². The van der Waals surface area contributed by atoms with E-state index in [1.165, 1.54) is 0 Å². The van der Waals surface area contributed by atoms with E-state index in [-0.39, 0.29) is 0 Å². The van der Waals surface area contributed by atoms with Crippen molar-refractivity contribution >= 4 is 11.0 Å². The molecule has 0 saturated carbocycles. The molecule has 1 aromatic heterocycles. The Balaban J connectivity index is 0. The van der Waals surface area contributed by atoms with Gasteiger partial charge in [0.05, 0.1) is 17.4 Å². The number of nitrogens with zero attached hydrogens (tertiary/aromatic N) is 1. The minimum Gasteiger partial charge on any atom is -0.345 e.